The van der Waals surface area contributed by atoms with Gasteiger partial charge in [-0.2, -0.15) is 5.10 Å². The molecule has 25 heavy (non-hydrogen) atoms. The third kappa shape index (κ3) is 4.53. The van der Waals surface area contributed by atoms with Gasteiger partial charge in [0.15, 0.2) is 11.5 Å². The fourth-order valence-electron chi connectivity index (χ4n) is 2.61. The molecule has 3 rings (SSSR count). The number of benzene rings is 2. The molecule has 0 saturated heterocycles. The molecule has 0 atom stereocenters. The van der Waals surface area contributed by atoms with E-state index in [2.05, 4.69) is 28.7 Å². The molecule has 3 aromatic rings. The molecule has 1 heterocycles. The number of anilines is 1. The van der Waals surface area contributed by atoms with Crippen LogP contribution in [0.4, 0.5) is 5.69 Å². The highest BCUT2D eigenvalue weighted by atomic mass is 16.5. The normalized spacial score (nSPS) is 10.5. The molecule has 0 aliphatic carbocycles. The fourth-order valence-corrected chi connectivity index (χ4v) is 2.61. The smallest absolute Gasteiger partial charge is 0.163 e. The van der Waals surface area contributed by atoms with Crippen molar-refractivity contribution in [2.75, 3.05) is 19.0 Å². The summed E-state index contributed by atoms with van der Waals surface area (Å²) in [4.78, 5) is 0. The molecular weight excluding hydrogens is 314 g/mol. The molecule has 5 nitrogen and oxygen atoms in total. The summed E-state index contributed by atoms with van der Waals surface area (Å²) in [6.07, 6.45) is 3.95. The quantitative estimate of drug-likeness (QED) is 0.676. The van der Waals surface area contributed by atoms with Crippen LogP contribution in [0.25, 0.3) is 0 Å². The van der Waals surface area contributed by atoms with Crippen molar-refractivity contribution in [1.29, 1.82) is 0 Å². The third-order valence-corrected chi connectivity index (χ3v) is 3.83. The van der Waals surface area contributed by atoms with E-state index in [1.165, 1.54) is 5.56 Å². The number of methoxy groups -OCH3 is 1. The van der Waals surface area contributed by atoms with Crippen LogP contribution in [-0.4, -0.2) is 23.5 Å². The SMILES string of the molecule is CCOc1cc(NCc2cnn(Cc3ccccc3)c2)ccc1OC. The zero-order valence-electron chi connectivity index (χ0n) is 14.6. The number of nitrogens with one attached hydrogen (secondary N) is 1. The Kier molecular flexibility index (Phi) is 5.57. The molecular formula is C20H23N3O2. The average Bonchev–Trinajstić information content (AvgIpc) is 3.09. The monoisotopic (exact) mass is 337 g/mol. The van der Waals surface area contributed by atoms with Gasteiger partial charge in [-0.3, -0.25) is 4.68 Å². The highest BCUT2D eigenvalue weighted by molar-refractivity contribution is 5.54. The summed E-state index contributed by atoms with van der Waals surface area (Å²) in [6.45, 7) is 4.04. The molecule has 1 N–H and O–H groups in total. The highest BCUT2D eigenvalue weighted by Gasteiger charge is 2.06. The van der Waals surface area contributed by atoms with Crippen molar-refractivity contribution < 1.29 is 9.47 Å². The molecule has 0 aliphatic rings. The number of aromatic nitrogens is 2. The Morgan fingerprint density at radius 2 is 1.88 bits per heavy atom. The Morgan fingerprint density at radius 1 is 1.04 bits per heavy atom. The molecule has 0 radical (unpaired) electrons. The third-order valence-electron chi connectivity index (χ3n) is 3.83. The molecule has 5 heteroatoms. The minimum Gasteiger partial charge on any atom is -0.493 e. The molecule has 0 bridgehead atoms. The van der Waals surface area contributed by atoms with Gasteiger partial charge in [-0.25, -0.2) is 0 Å². The van der Waals surface area contributed by atoms with Crippen LogP contribution in [0.2, 0.25) is 0 Å². The van der Waals surface area contributed by atoms with E-state index >= 15 is 0 Å². The Balaban J connectivity index is 1.61. The van der Waals surface area contributed by atoms with Crippen LogP contribution in [0.3, 0.4) is 0 Å². The van der Waals surface area contributed by atoms with Crippen molar-refractivity contribution in [1.82, 2.24) is 9.78 Å². The van der Waals surface area contributed by atoms with Gasteiger partial charge >= 0.3 is 0 Å². The zero-order chi connectivity index (χ0) is 17.5. The van der Waals surface area contributed by atoms with E-state index in [0.717, 1.165) is 29.3 Å². The maximum absolute atomic E-state index is 5.61. The number of hydrogen-bond acceptors (Lipinski definition) is 4. The molecule has 1 aromatic heterocycles. The first kappa shape index (κ1) is 16.9. The summed E-state index contributed by atoms with van der Waals surface area (Å²) >= 11 is 0. The van der Waals surface area contributed by atoms with Crippen LogP contribution in [0.5, 0.6) is 11.5 Å². The second-order valence-corrected chi connectivity index (χ2v) is 5.68. The fraction of sp³-hybridized carbons (Fsp3) is 0.250. The topological polar surface area (TPSA) is 48.3 Å². The van der Waals surface area contributed by atoms with E-state index in [0.29, 0.717) is 13.2 Å². The van der Waals surface area contributed by atoms with Crippen molar-refractivity contribution in [3.63, 3.8) is 0 Å². The molecule has 0 unspecified atom stereocenters. The lowest BCUT2D eigenvalue weighted by molar-refractivity contribution is 0.311. The van der Waals surface area contributed by atoms with E-state index in [4.69, 9.17) is 9.47 Å². The predicted molar refractivity (Wildman–Crippen MR) is 99.3 cm³/mol. The van der Waals surface area contributed by atoms with Crippen molar-refractivity contribution in [3.05, 3.63) is 72.1 Å². The largest absolute Gasteiger partial charge is 0.493 e. The predicted octanol–water partition coefficient (Wildman–Crippen LogP) is 3.95. The minimum absolute atomic E-state index is 0.603. The van der Waals surface area contributed by atoms with Crippen LogP contribution in [0, 0.1) is 0 Å². The van der Waals surface area contributed by atoms with E-state index in [1.54, 1.807) is 7.11 Å². The van der Waals surface area contributed by atoms with Gasteiger partial charge in [0.05, 0.1) is 26.5 Å². The van der Waals surface area contributed by atoms with Gasteiger partial charge in [0, 0.05) is 30.1 Å². The molecule has 0 amide bonds. The van der Waals surface area contributed by atoms with E-state index in [-0.39, 0.29) is 0 Å². The van der Waals surface area contributed by atoms with Gasteiger partial charge in [0.2, 0.25) is 0 Å². The van der Waals surface area contributed by atoms with Gasteiger partial charge in [-0.15, -0.1) is 0 Å². The molecule has 0 aliphatic heterocycles. The van der Waals surface area contributed by atoms with E-state index in [1.807, 2.05) is 54.2 Å². The van der Waals surface area contributed by atoms with Crippen molar-refractivity contribution >= 4 is 5.69 Å². The summed E-state index contributed by atoms with van der Waals surface area (Å²) in [6, 6.07) is 16.2. The maximum atomic E-state index is 5.61. The van der Waals surface area contributed by atoms with Crippen LogP contribution in [-0.2, 0) is 13.1 Å². The van der Waals surface area contributed by atoms with Crippen molar-refractivity contribution in [3.8, 4) is 11.5 Å². The number of ether oxygens (including phenoxy) is 2. The average molecular weight is 337 g/mol. The zero-order valence-corrected chi connectivity index (χ0v) is 14.6. The Morgan fingerprint density at radius 3 is 2.64 bits per heavy atom. The van der Waals surface area contributed by atoms with Crippen LogP contribution in [0.15, 0.2) is 60.9 Å². The first-order chi connectivity index (χ1) is 12.3. The number of nitrogens with zero attached hydrogens (tertiary/aromatic N) is 2. The maximum Gasteiger partial charge on any atom is 0.163 e. The van der Waals surface area contributed by atoms with Crippen LogP contribution < -0.4 is 14.8 Å². The number of rotatable bonds is 8. The summed E-state index contributed by atoms with van der Waals surface area (Å²) in [5.74, 6) is 1.48. The van der Waals surface area contributed by atoms with E-state index in [9.17, 15) is 0 Å². The Hall–Kier alpha value is -2.95. The van der Waals surface area contributed by atoms with Crippen molar-refractivity contribution in [2.45, 2.75) is 20.0 Å². The van der Waals surface area contributed by atoms with Crippen molar-refractivity contribution in [2.24, 2.45) is 0 Å². The lowest BCUT2D eigenvalue weighted by Crippen LogP contribution is -2.01. The van der Waals surface area contributed by atoms with Gasteiger partial charge in [-0.1, -0.05) is 30.3 Å². The number of hydrogen-bond donors (Lipinski definition) is 1. The minimum atomic E-state index is 0.603. The standard InChI is InChI=1S/C20H23N3O2/c1-3-25-20-11-18(9-10-19(20)24-2)21-12-17-13-22-23(15-17)14-16-7-5-4-6-8-16/h4-11,13,15,21H,3,12,14H2,1-2H3. The van der Waals surface area contributed by atoms with Crippen LogP contribution >= 0.6 is 0 Å². The van der Waals surface area contributed by atoms with Gasteiger partial charge < -0.3 is 14.8 Å². The van der Waals surface area contributed by atoms with E-state index < -0.39 is 0 Å². The molecule has 0 saturated carbocycles. The lowest BCUT2D eigenvalue weighted by atomic mass is 10.2. The summed E-state index contributed by atoms with van der Waals surface area (Å²) in [7, 11) is 1.64. The second-order valence-electron chi connectivity index (χ2n) is 5.68. The summed E-state index contributed by atoms with van der Waals surface area (Å²) in [5.41, 5.74) is 3.35. The van der Waals surface area contributed by atoms with Gasteiger partial charge in [0.1, 0.15) is 0 Å². The first-order valence-electron chi connectivity index (χ1n) is 8.38. The first-order valence-corrected chi connectivity index (χ1v) is 8.38. The Bertz CT molecular complexity index is 800. The molecule has 130 valence electrons. The van der Waals surface area contributed by atoms with Crippen LogP contribution in [0.1, 0.15) is 18.1 Å². The van der Waals surface area contributed by atoms with Gasteiger partial charge in [-0.05, 0) is 24.6 Å². The Labute approximate surface area is 148 Å². The second kappa shape index (κ2) is 8.24. The molecule has 0 spiro atoms. The highest BCUT2D eigenvalue weighted by Crippen LogP contribution is 2.30. The lowest BCUT2D eigenvalue weighted by Gasteiger charge is -2.12. The molecule has 2 aromatic carbocycles. The van der Waals surface area contributed by atoms with Gasteiger partial charge in [0.25, 0.3) is 0 Å². The summed E-state index contributed by atoms with van der Waals surface area (Å²) < 4.78 is 12.9. The molecule has 0 fully saturated rings. The summed E-state index contributed by atoms with van der Waals surface area (Å²) in [5, 5.41) is 7.83.